The van der Waals surface area contributed by atoms with Crippen molar-refractivity contribution in [2.75, 3.05) is 6.54 Å². The highest BCUT2D eigenvalue weighted by molar-refractivity contribution is 6.06. The summed E-state index contributed by atoms with van der Waals surface area (Å²) in [7, 11) is 0. The summed E-state index contributed by atoms with van der Waals surface area (Å²) in [5.74, 6) is 0.460. The largest absolute Gasteiger partial charge is 0.340 e. The van der Waals surface area contributed by atoms with Crippen molar-refractivity contribution in [3.8, 4) is 11.1 Å². The number of amides is 1. The predicted octanol–water partition coefficient (Wildman–Crippen LogP) is 1.67. The third-order valence-corrected chi connectivity index (χ3v) is 3.39. The van der Waals surface area contributed by atoms with Crippen molar-refractivity contribution in [1.82, 2.24) is 20.6 Å². The van der Waals surface area contributed by atoms with E-state index in [2.05, 4.69) is 25.6 Å². The Morgan fingerprint density at radius 1 is 1.23 bits per heavy atom. The molecule has 2 aromatic rings. The monoisotopic (exact) mass is 295 g/mol. The van der Waals surface area contributed by atoms with E-state index in [4.69, 9.17) is 0 Å². The molecule has 6 heteroatoms. The zero-order chi connectivity index (χ0) is 15.4. The Kier molecular flexibility index (Phi) is 4.09. The Labute approximate surface area is 128 Å². The van der Waals surface area contributed by atoms with Crippen LogP contribution < -0.4 is 10.6 Å². The molecule has 0 spiro atoms. The lowest BCUT2D eigenvalue weighted by Crippen LogP contribution is -2.25. The minimum absolute atomic E-state index is 0.0867. The number of hydrogen-bond acceptors (Lipinski definition) is 4. The van der Waals surface area contributed by atoms with Gasteiger partial charge in [-0.1, -0.05) is 25.1 Å². The molecule has 1 aromatic carbocycles. The van der Waals surface area contributed by atoms with E-state index in [9.17, 15) is 4.79 Å². The summed E-state index contributed by atoms with van der Waals surface area (Å²) < 4.78 is 0. The summed E-state index contributed by atoms with van der Waals surface area (Å²) >= 11 is 0. The predicted molar refractivity (Wildman–Crippen MR) is 84.1 cm³/mol. The molecule has 1 fully saturated rings. The quantitative estimate of drug-likeness (QED) is 0.899. The van der Waals surface area contributed by atoms with Gasteiger partial charge in [0.15, 0.2) is 5.96 Å². The Bertz CT molecular complexity index is 699. The second-order valence-corrected chi connectivity index (χ2v) is 5.05. The second-order valence-electron chi connectivity index (χ2n) is 5.05. The van der Waals surface area contributed by atoms with Gasteiger partial charge in [0.1, 0.15) is 12.4 Å². The van der Waals surface area contributed by atoms with E-state index in [1.807, 2.05) is 31.2 Å². The van der Waals surface area contributed by atoms with Crippen molar-refractivity contribution in [2.24, 2.45) is 4.99 Å². The maximum atomic E-state index is 12.1. The molecule has 6 nitrogen and oxygen atoms in total. The van der Waals surface area contributed by atoms with Crippen molar-refractivity contribution in [3.05, 3.63) is 48.5 Å². The fourth-order valence-electron chi connectivity index (χ4n) is 2.32. The third kappa shape index (κ3) is 2.95. The minimum Gasteiger partial charge on any atom is -0.340 e. The summed E-state index contributed by atoms with van der Waals surface area (Å²) in [6, 6.07) is 7.38. The highest BCUT2D eigenvalue weighted by atomic mass is 16.2. The smallest absolute Gasteiger partial charge is 0.253 e. The number of aromatic nitrogens is 2. The average Bonchev–Trinajstić information content (AvgIpc) is 2.95. The molecule has 22 heavy (non-hydrogen) atoms. The van der Waals surface area contributed by atoms with Gasteiger partial charge in [0.05, 0.1) is 0 Å². The van der Waals surface area contributed by atoms with Gasteiger partial charge in [-0.3, -0.25) is 15.1 Å². The van der Waals surface area contributed by atoms with Gasteiger partial charge < -0.3 is 5.32 Å². The van der Waals surface area contributed by atoms with Crippen LogP contribution in [0.2, 0.25) is 0 Å². The molecule has 0 bridgehead atoms. The van der Waals surface area contributed by atoms with E-state index in [0.717, 1.165) is 23.1 Å². The van der Waals surface area contributed by atoms with Crippen LogP contribution in [0.3, 0.4) is 0 Å². The van der Waals surface area contributed by atoms with Crippen LogP contribution in [0, 0.1) is 0 Å². The van der Waals surface area contributed by atoms with Crippen LogP contribution in [-0.4, -0.2) is 28.4 Å². The first-order valence-electron chi connectivity index (χ1n) is 7.25. The molecular formula is C16H17N5O. The van der Waals surface area contributed by atoms with Crippen molar-refractivity contribution in [3.63, 3.8) is 0 Å². The van der Waals surface area contributed by atoms with E-state index in [1.54, 1.807) is 12.4 Å². The highest BCUT2D eigenvalue weighted by Gasteiger charge is 2.29. The van der Waals surface area contributed by atoms with Gasteiger partial charge in [-0.15, -0.1) is 0 Å². The van der Waals surface area contributed by atoms with Crippen LogP contribution in [0.5, 0.6) is 0 Å². The molecule has 1 saturated heterocycles. The lowest BCUT2D eigenvalue weighted by Gasteiger charge is -2.10. The number of nitrogens with zero attached hydrogens (tertiary/aromatic N) is 3. The van der Waals surface area contributed by atoms with Gasteiger partial charge >= 0.3 is 0 Å². The van der Waals surface area contributed by atoms with Gasteiger partial charge in [0.25, 0.3) is 5.91 Å². The van der Waals surface area contributed by atoms with E-state index in [0.29, 0.717) is 12.5 Å². The van der Waals surface area contributed by atoms with Gasteiger partial charge in [-0.25, -0.2) is 9.97 Å². The zero-order valence-corrected chi connectivity index (χ0v) is 12.3. The fourth-order valence-corrected chi connectivity index (χ4v) is 2.32. The summed E-state index contributed by atoms with van der Waals surface area (Å²) in [6.07, 6.45) is 5.94. The van der Waals surface area contributed by atoms with Crippen LogP contribution in [0.25, 0.3) is 11.1 Å². The van der Waals surface area contributed by atoms with Crippen LogP contribution in [-0.2, 0) is 4.79 Å². The van der Waals surface area contributed by atoms with Gasteiger partial charge in [-0.2, -0.15) is 0 Å². The molecule has 2 N–H and O–H groups in total. The molecular weight excluding hydrogens is 278 g/mol. The minimum atomic E-state index is -0.416. The van der Waals surface area contributed by atoms with Crippen LogP contribution in [0.4, 0.5) is 0 Å². The second kappa shape index (κ2) is 6.34. The third-order valence-electron chi connectivity index (χ3n) is 3.39. The van der Waals surface area contributed by atoms with E-state index in [1.165, 1.54) is 6.33 Å². The zero-order valence-electron chi connectivity index (χ0n) is 12.3. The Hall–Kier alpha value is -2.76. The Balaban J connectivity index is 1.85. The number of hydrogen-bond donors (Lipinski definition) is 2. The highest BCUT2D eigenvalue weighted by Crippen LogP contribution is 2.23. The number of aliphatic imine (C=N–C) groups is 1. The topological polar surface area (TPSA) is 79.3 Å². The number of nitrogens with one attached hydrogen (secondary N) is 2. The summed E-state index contributed by atoms with van der Waals surface area (Å²) in [5.41, 5.74) is 2.79. The normalized spacial score (nSPS) is 19.0. The molecule has 1 aromatic heterocycles. The van der Waals surface area contributed by atoms with Crippen molar-refractivity contribution in [1.29, 1.82) is 0 Å². The summed E-state index contributed by atoms with van der Waals surface area (Å²) in [4.78, 5) is 24.5. The number of rotatable bonds is 4. The first-order valence-corrected chi connectivity index (χ1v) is 7.25. The van der Waals surface area contributed by atoms with E-state index in [-0.39, 0.29) is 5.91 Å². The molecule has 1 unspecified atom stereocenters. The van der Waals surface area contributed by atoms with Crippen molar-refractivity contribution >= 4 is 11.9 Å². The van der Waals surface area contributed by atoms with Gasteiger partial charge in [0, 0.05) is 24.5 Å². The number of carbonyl (C=O) groups is 1. The Morgan fingerprint density at radius 3 is 2.82 bits per heavy atom. The fraction of sp³-hybridized carbons (Fsp3) is 0.250. The first kappa shape index (κ1) is 14.2. The summed E-state index contributed by atoms with van der Waals surface area (Å²) in [6.45, 7) is 2.74. The molecule has 3 rings (SSSR count). The molecule has 0 saturated carbocycles. The molecule has 1 atom stereocenters. The van der Waals surface area contributed by atoms with Crippen LogP contribution >= 0.6 is 0 Å². The van der Waals surface area contributed by atoms with Gasteiger partial charge in [0.2, 0.25) is 0 Å². The molecule has 0 radical (unpaired) electrons. The molecule has 112 valence electrons. The van der Waals surface area contributed by atoms with Crippen molar-refractivity contribution < 1.29 is 4.79 Å². The van der Waals surface area contributed by atoms with Crippen molar-refractivity contribution in [2.45, 2.75) is 19.4 Å². The molecule has 1 aliphatic heterocycles. The maximum absolute atomic E-state index is 12.1. The maximum Gasteiger partial charge on any atom is 0.253 e. The molecule has 0 aliphatic carbocycles. The number of guanidine groups is 1. The molecule has 1 amide bonds. The lowest BCUT2D eigenvalue weighted by molar-refractivity contribution is -0.120. The number of carbonyl (C=O) groups excluding carboxylic acids is 1. The van der Waals surface area contributed by atoms with E-state index >= 15 is 0 Å². The van der Waals surface area contributed by atoms with Gasteiger partial charge in [-0.05, 0) is 23.6 Å². The van der Waals surface area contributed by atoms with Crippen LogP contribution in [0.1, 0.15) is 24.9 Å². The Morgan fingerprint density at radius 2 is 2.05 bits per heavy atom. The lowest BCUT2D eigenvalue weighted by atomic mass is 10.0. The SMILES string of the molecule is CCCN=C1NC(=O)C(c2cccc(-c3cncnc3)c2)N1. The molecule has 2 heterocycles. The standard InChI is InChI=1S/C16H17N5O/c1-2-6-19-16-20-14(15(22)21-16)12-5-3-4-11(7-12)13-8-17-10-18-9-13/h3-5,7-10,14H,2,6H2,1H3,(H2,19,20,21,22). The average molecular weight is 295 g/mol. The summed E-state index contributed by atoms with van der Waals surface area (Å²) in [5, 5.41) is 5.90. The van der Waals surface area contributed by atoms with Crippen LogP contribution in [0.15, 0.2) is 48.0 Å². The van der Waals surface area contributed by atoms with E-state index < -0.39 is 6.04 Å². The first-order chi connectivity index (χ1) is 10.8. The molecule has 1 aliphatic rings. The number of benzene rings is 1.